The summed E-state index contributed by atoms with van der Waals surface area (Å²) >= 11 is 0. The molecule has 2 N–H and O–H groups in total. The fourth-order valence-electron chi connectivity index (χ4n) is 4.66. The number of methoxy groups -OCH3 is 2. The SMILES string of the molecule is COc1ccc(CNc2c(NC=O)c(=O)n(OCc3ccccc3)c3ncc(Cc4ccc(F)cc4F)cc23)c(OC)c1. The number of halogens is 2. The predicted molar refractivity (Wildman–Crippen MR) is 158 cm³/mol. The molecule has 0 aliphatic carbocycles. The van der Waals surface area contributed by atoms with E-state index in [0.29, 0.717) is 28.9 Å². The maximum Gasteiger partial charge on any atom is 0.310 e. The van der Waals surface area contributed by atoms with Gasteiger partial charge in [-0.15, -0.1) is 4.73 Å². The van der Waals surface area contributed by atoms with Gasteiger partial charge in [0.25, 0.3) is 0 Å². The molecule has 2 aromatic heterocycles. The minimum absolute atomic E-state index is 0.0520. The highest BCUT2D eigenvalue weighted by Gasteiger charge is 2.21. The number of nitrogens with one attached hydrogen (secondary N) is 2. The molecule has 3 aromatic carbocycles. The van der Waals surface area contributed by atoms with Crippen LogP contribution in [0.1, 0.15) is 22.3 Å². The lowest BCUT2D eigenvalue weighted by atomic mass is 10.0. The third-order valence-electron chi connectivity index (χ3n) is 6.80. The molecule has 0 atom stereocenters. The van der Waals surface area contributed by atoms with E-state index >= 15 is 0 Å². The van der Waals surface area contributed by atoms with E-state index in [-0.39, 0.29) is 42.2 Å². The zero-order valence-electron chi connectivity index (χ0n) is 23.4. The third-order valence-corrected chi connectivity index (χ3v) is 6.80. The van der Waals surface area contributed by atoms with E-state index in [1.807, 2.05) is 36.4 Å². The monoisotopic (exact) mass is 586 g/mol. The molecule has 0 radical (unpaired) electrons. The van der Waals surface area contributed by atoms with Gasteiger partial charge in [0.2, 0.25) is 6.41 Å². The third kappa shape index (κ3) is 6.40. The van der Waals surface area contributed by atoms with Crippen molar-refractivity contribution in [3.63, 3.8) is 0 Å². The minimum atomic E-state index is -0.690. The molecule has 0 aliphatic heterocycles. The van der Waals surface area contributed by atoms with Crippen molar-refractivity contribution in [2.24, 2.45) is 0 Å². The number of aromatic nitrogens is 2. The summed E-state index contributed by atoms with van der Waals surface area (Å²) in [5.74, 6) is -0.215. The number of hydrogen-bond acceptors (Lipinski definition) is 7. The molecule has 0 aliphatic rings. The summed E-state index contributed by atoms with van der Waals surface area (Å²) in [6.45, 7) is 0.247. The number of anilines is 2. The Morgan fingerprint density at radius 1 is 0.907 bits per heavy atom. The molecule has 0 fully saturated rings. The van der Waals surface area contributed by atoms with Gasteiger partial charge in [0.15, 0.2) is 5.65 Å². The number of amides is 1. The summed E-state index contributed by atoms with van der Waals surface area (Å²) in [5.41, 5.74) is 2.12. The van der Waals surface area contributed by atoms with Crippen molar-refractivity contribution in [2.45, 2.75) is 19.6 Å². The summed E-state index contributed by atoms with van der Waals surface area (Å²) in [5, 5.41) is 6.17. The molecule has 43 heavy (non-hydrogen) atoms. The fraction of sp³-hybridized carbons (Fsp3) is 0.156. The molecule has 2 heterocycles. The number of benzene rings is 3. The average molecular weight is 587 g/mol. The summed E-state index contributed by atoms with van der Waals surface area (Å²) in [7, 11) is 3.08. The Morgan fingerprint density at radius 2 is 1.70 bits per heavy atom. The van der Waals surface area contributed by atoms with Crippen molar-refractivity contribution in [1.82, 2.24) is 9.71 Å². The lowest BCUT2D eigenvalue weighted by molar-refractivity contribution is -0.105. The van der Waals surface area contributed by atoms with Crippen LogP contribution < -0.4 is 30.5 Å². The van der Waals surface area contributed by atoms with Gasteiger partial charge < -0.3 is 24.9 Å². The highest BCUT2D eigenvalue weighted by Crippen LogP contribution is 2.31. The van der Waals surface area contributed by atoms with Gasteiger partial charge in [0.05, 0.1) is 19.9 Å². The van der Waals surface area contributed by atoms with Crippen LogP contribution in [0.15, 0.2) is 83.8 Å². The molecule has 1 amide bonds. The molecule has 0 spiro atoms. The Bertz CT molecular complexity index is 1830. The van der Waals surface area contributed by atoms with Crippen LogP contribution in [-0.2, 0) is 24.4 Å². The van der Waals surface area contributed by atoms with E-state index in [0.717, 1.165) is 21.9 Å². The Labute approximate surface area is 245 Å². The quantitative estimate of drug-likeness (QED) is 0.196. The van der Waals surface area contributed by atoms with Gasteiger partial charge in [-0.3, -0.25) is 9.59 Å². The number of nitrogens with zero attached hydrogens (tertiary/aromatic N) is 2. The van der Waals surface area contributed by atoms with Crippen LogP contribution in [0.2, 0.25) is 0 Å². The second-order valence-electron chi connectivity index (χ2n) is 9.53. The van der Waals surface area contributed by atoms with Gasteiger partial charge in [0.1, 0.15) is 35.4 Å². The van der Waals surface area contributed by atoms with Crippen molar-refractivity contribution in [3.05, 3.63) is 123 Å². The van der Waals surface area contributed by atoms with E-state index in [9.17, 15) is 18.4 Å². The zero-order chi connectivity index (χ0) is 30.3. The largest absolute Gasteiger partial charge is 0.497 e. The highest BCUT2D eigenvalue weighted by molar-refractivity contribution is 5.98. The van der Waals surface area contributed by atoms with Crippen molar-refractivity contribution in [3.8, 4) is 11.5 Å². The second-order valence-corrected chi connectivity index (χ2v) is 9.53. The molecular weight excluding hydrogens is 558 g/mol. The van der Waals surface area contributed by atoms with E-state index in [2.05, 4.69) is 15.6 Å². The number of carbonyl (C=O) groups is 1. The van der Waals surface area contributed by atoms with Crippen molar-refractivity contribution < 1.29 is 27.9 Å². The smallest absolute Gasteiger partial charge is 0.310 e. The maximum absolute atomic E-state index is 14.5. The normalized spacial score (nSPS) is 10.8. The Balaban J connectivity index is 1.62. The van der Waals surface area contributed by atoms with Crippen LogP contribution in [0.3, 0.4) is 0 Å². The van der Waals surface area contributed by atoms with Gasteiger partial charge in [-0.2, -0.15) is 0 Å². The van der Waals surface area contributed by atoms with E-state index in [4.69, 9.17) is 14.3 Å². The predicted octanol–water partition coefficient (Wildman–Crippen LogP) is 5.09. The molecule has 5 rings (SSSR count). The average Bonchev–Trinajstić information content (AvgIpc) is 3.02. The lowest BCUT2D eigenvalue weighted by Gasteiger charge is -2.19. The molecule has 220 valence electrons. The van der Waals surface area contributed by atoms with Gasteiger partial charge in [0, 0.05) is 42.2 Å². The Kier molecular flexibility index (Phi) is 8.80. The van der Waals surface area contributed by atoms with E-state index < -0.39 is 17.2 Å². The van der Waals surface area contributed by atoms with Crippen molar-refractivity contribution >= 4 is 28.8 Å². The number of hydrogen-bond donors (Lipinski definition) is 2. The lowest BCUT2D eigenvalue weighted by Crippen LogP contribution is -2.31. The second kappa shape index (κ2) is 13.0. The molecule has 0 saturated carbocycles. The number of rotatable bonds is 12. The molecule has 5 aromatic rings. The van der Waals surface area contributed by atoms with Crippen LogP contribution in [-0.4, -0.2) is 30.3 Å². The van der Waals surface area contributed by atoms with Crippen LogP contribution in [0.4, 0.5) is 20.2 Å². The summed E-state index contributed by atoms with van der Waals surface area (Å²) in [4.78, 5) is 35.8. The van der Waals surface area contributed by atoms with Gasteiger partial charge in [-0.05, 0) is 41.0 Å². The maximum atomic E-state index is 14.5. The van der Waals surface area contributed by atoms with Crippen LogP contribution >= 0.6 is 0 Å². The first kappa shape index (κ1) is 29.1. The number of ether oxygens (including phenoxy) is 2. The Morgan fingerprint density at radius 3 is 2.42 bits per heavy atom. The number of carbonyl (C=O) groups excluding carboxylic acids is 1. The molecule has 0 unspecified atom stereocenters. The van der Waals surface area contributed by atoms with Crippen LogP contribution in [0.25, 0.3) is 11.0 Å². The van der Waals surface area contributed by atoms with Crippen molar-refractivity contribution in [2.75, 3.05) is 24.9 Å². The molecule has 11 heteroatoms. The van der Waals surface area contributed by atoms with Crippen LogP contribution in [0, 0.1) is 11.6 Å². The fourth-order valence-corrected chi connectivity index (χ4v) is 4.66. The number of fused-ring (bicyclic) bond motifs is 1. The van der Waals surface area contributed by atoms with Gasteiger partial charge >= 0.3 is 5.56 Å². The number of pyridine rings is 2. The highest BCUT2D eigenvalue weighted by atomic mass is 19.1. The topological polar surface area (TPSA) is 104 Å². The van der Waals surface area contributed by atoms with E-state index in [1.165, 1.54) is 25.4 Å². The van der Waals surface area contributed by atoms with Gasteiger partial charge in [-0.25, -0.2) is 13.8 Å². The van der Waals surface area contributed by atoms with E-state index in [1.54, 1.807) is 25.3 Å². The summed E-state index contributed by atoms with van der Waals surface area (Å²) < 4.78 is 39.8. The molecule has 0 saturated heterocycles. The molecule has 9 nitrogen and oxygen atoms in total. The zero-order valence-corrected chi connectivity index (χ0v) is 23.4. The van der Waals surface area contributed by atoms with Crippen molar-refractivity contribution in [1.29, 1.82) is 0 Å². The first-order valence-corrected chi connectivity index (χ1v) is 13.3. The van der Waals surface area contributed by atoms with Crippen LogP contribution in [0.5, 0.6) is 11.5 Å². The first-order chi connectivity index (χ1) is 20.9. The summed E-state index contributed by atoms with van der Waals surface area (Å²) in [6.07, 6.45) is 1.99. The molecular formula is C32H28F2N4O5. The first-order valence-electron chi connectivity index (χ1n) is 13.3. The standard InChI is InChI=1S/C32H28F2N4O5/c1-41-25-11-9-23(28(15-25)42-2)17-35-29-26-13-21(12-22-8-10-24(33)14-27(22)34)16-36-31(26)38(32(40)30(29)37-19-39)43-18-20-6-4-3-5-7-20/h3-11,13-16,19,35H,12,17-18H2,1-2H3,(H,37,39). The summed E-state index contributed by atoms with van der Waals surface area (Å²) in [6, 6.07) is 19.6. The minimum Gasteiger partial charge on any atom is -0.497 e. The van der Waals surface area contributed by atoms with Gasteiger partial charge in [-0.1, -0.05) is 36.4 Å². The Hall–Kier alpha value is -5.45. The molecule has 0 bridgehead atoms.